The number of aromatic nitrogens is 2. The van der Waals surface area contributed by atoms with E-state index < -0.39 is 0 Å². The zero-order chi connectivity index (χ0) is 17.6. The summed E-state index contributed by atoms with van der Waals surface area (Å²) in [5.41, 5.74) is 2.85. The molecule has 0 aromatic carbocycles. The number of ether oxygens (including phenoxy) is 2. The number of carbonyl (C=O) groups excluding carboxylic acids is 1. The van der Waals surface area contributed by atoms with E-state index in [9.17, 15) is 4.79 Å². The van der Waals surface area contributed by atoms with Gasteiger partial charge < -0.3 is 14.4 Å². The maximum Gasteiger partial charge on any atom is 0.272 e. The lowest BCUT2D eigenvalue weighted by molar-refractivity contribution is -0.00794. The fourth-order valence-corrected chi connectivity index (χ4v) is 4.58. The molecule has 3 aliphatic rings. The minimum absolute atomic E-state index is 0.0375. The highest BCUT2D eigenvalue weighted by Crippen LogP contribution is 2.35. The van der Waals surface area contributed by atoms with Crippen LogP contribution in [0.5, 0.6) is 0 Å². The molecular weight excluding hydrogens is 318 g/mol. The summed E-state index contributed by atoms with van der Waals surface area (Å²) in [6.45, 7) is 10.4. The highest BCUT2D eigenvalue weighted by Gasteiger charge is 2.40. The second kappa shape index (κ2) is 6.72. The van der Waals surface area contributed by atoms with Crippen molar-refractivity contribution in [2.24, 2.45) is 11.8 Å². The van der Waals surface area contributed by atoms with Gasteiger partial charge in [0.15, 0.2) is 0 Å². The molecule has 4 rings (SSSR count). The normalized spacial score (nSPS) is 27.9. The molecule has 4 heterocycles. The van der Waals surface area contributed by atoms with E-state index in [4.69, 9.17) is 9.47 Å². The first-order valence-electron chi connectivity index (χ1n) is 9.70. The summed E-state index contributed by atoms with van der Waals surface area (Å²) >= 11 is 0. The van der Waals surface area contributed by atoms with Crippen molar-refractivity contribution in [1.82, 2.24) is 14.7 Å². The van der Waals surface area contributed by atoms with Crippen LogP contribution in [0.2, 0.25) is 0 Å². The summed E-state index contributed by atoms with van der Waals surface area (Å²) in [4.78, 5) is 15.2. The van der Waals surface area contributed by atoms with Crippen molar-refractivity contribution in [3.8, 4) is 0 Å². The lowest BCUT2D eigenvalue weighted by Crippen LogP contribution is -2.54. The van der Waals surface area contributed by atoms with E-state index >= 15 is 0 Å². The van der Waals surface area contributed by atoms with Crippen LogP contribution in [0, 0.1) is 11.8 Å². The smallest absolute Gasteiger partial charge is 0.272 e. The Labute approximate surface area is 149 Å². The summed E-state index contributed by atoms with van der Waals surface area (Å²) in [5, 5.41) is 4.68. The number of nitrogens with zero attached hydrogens (tertiary/aromatic N) is 3. The van der Waals surface area contributed by atoms with E-state index in [1.54, 1.807) is 0 Å². The summed E-state index contributed by atoms with van der Waals surface area (Å²) in [7, 11) is 0. The average molecular weight is 347 g/mol. The number of rotatable bonds is 3. The lowest BCUT2D eigenvalue weighted by atomic mass is 9.80. The molecule has 6 heteroatoms. The van der Waals surface area contributed by atoms with Crippen molar-refractivity contribution in [2.75, 3.05) is 26.3 Å². The zero-order valence-electron chi connectivity index (χ0n) is 15.5. The molecule has 0 saturated carbocycles. The fraction of sp³-hybridized carbons (Fsp3) is 0.789. The molecule has 0 N–H and O–H groups in total. The van der Waals surface area contributed by atoms with Crippen LogP contribution in [-0.2, 0) is 22.4 Å². The largest absolute Gasteiger partial charge is 0.381 e. The van der Waals surface area contributed by atoms with E-state index in [1.807, 2.05) is 23.4 Å². The summed E-state index contributed by atoms with van der Waals surface area (Å²) in [5.74, 6) is 1.51. The Hall–Kier alpha value is -1.40. The van der Waals surface area contributed by atoms with Gasteiger partial charge in [0.2, 0.25) is 0 Å². The van der Waals surface area contributed by atoms with Crippen molar-refractivity contribution >= 4 is 5.91 Å². The second-order valence-electron chi connectivity index (χ2n) is 7.74. The van der Waals surface area contributed by atoms with E-state index in [-0.39, 0.29) is 18.1 Å². The Morgan fingerprint density at radius 2 is 1.92 bits per heavy atom. The Morgan fingerprint density at radius 1 is 1.20 bits per heavy atom. The number of hydrogen-bond donors (Lipinski definition) is 0. The summed E-state index contributed by atoms with van der Waals surface area (Å²) in [6, 6.07) is 0. The van der Waals surface area contributed by atoms with Gasteiger partial charge in [0, 0.05) is 44.8 Å². The molecule has 2 saturated heterocycles. The fourth-order valence-electron chi connectivity index (χ4n) is 4.58. The van der Waals surface area contributed by atoms with Gasteiger partial charge in [-0.2, -0.15) is 5.10 Å². The van der Waals surface area contributed by atoms with Gasteiger partial charge in [-0.05, 0) is 45.4 Å². The topological polar surface area (TPSA) is 56.6 Å². The van der Waals surface area contributed by atoms with Gasteiger partial charge in [0.1, 0.15) is 5.69 Å². The van der Waals surface area contributed by atoms with Gasteiger partial charge in [-0.25, -0.2) is 0 Å². The third kappa shape index (κ3) is 2.99. The van der Waals surface area contributed by atoms with Crippen molar-refractivity contribution in [3.05, 3.63) is 17.0 Å². The van der Waals surface area contributed by atoms with E-state index in [1.165, 1.54) is 0 Å². The number of amides is 1. The maximum absolute atomic E-state index is 13.2. The Morgan fingerprint density at radius 3 is 2.60 bits per heavy atom. The van der Waals surface area contributed by atoms with Crippen LogP contribution in [0.1, 0.15) is 61.5 Å². The predicted octanol–water partition coefficient (Wildman–Crippen LogP) is 2.42. The third-order valence-corrected chi connectivity index (χ3v) is 6.03. The monoisotopic (exact) mass is 347 g/mol. The number of likely N-dealkylation sites (tertiary alicyclic amines) is 1. The Balaban J connectivity index is 1.51. The van der Waals surface area contributed by atoms with Gasteiger partial charge in [0.05, 0.1) is 17.9 Å². The SMILES string of the molecule is CCn1nc2c(c1C(=O)N1CC(C3CCOCC3)C1)C[C@H](C)O[C@@H]2C. The van der Waals surface area contributed by atoms with Crippen molar-refractivity contribution in [2.45, 2.75) is 58.8 Å². The van der Waals surface area contributed by atoms with Crippen molar-refractivity contribution in [1.29, 1.82) is 0 Å². The van der Waals surface area contributed by atoms with Crippen LogP contribution in [0.25, 0.3) is 0 Å². The molecule has 1 aromatic rings. The summed E-state index contributed by atoms with van der Waals surface area (Å²) < 4.78 is 13.2. The molecular formula is C19H29N3O3. The molecule has 0 aliphatic carbocycles. The van der Waals surface area contributed by atoms with E-state index in [2.05, 4.69) is 12.0 Å². The van der Waals surface area contributed by atoms with Gasteiger partial charge >= 0.3 is 0 Å². The summed E-state index contributed by atoms with van der Waals surface area (Å²) in [6.07, 6.45) is 3.15. The number of fused-ring (bicyclic) bond motifs is 1. The van der Waals surface area contributed by atoms with Crippen LogP contribution < -0.4 is 0 Å². The molecule has 1 amide bonds. The minimum Gasteiger partial charge on any atom is -0.381 e. The van der Waals surface area contributed by atoms with Gasteiger partial charge in [-0.15, -0.1) is 0 Å². The highest BCUT2D eigenvalue weighted by molar-refractivity contribution is 5.95. The predicted molar refractivity (Wildman–Crippen MR) is 93.5 cm³/mol. The van der Waals surface area contributed by atoms with Gasteiger partial charge in [0.25, 0.3) is 5.91 Å². The minimum atomic E-state index is -0.0375. The Kier molecular flexibility index (Phi) is 4.58. The first-order valence-corrected chi connectivity index (χ1v) is 9.70. The van der Waals surface area contributed by atoms with E-state index in [0.29, 0.717) is 12.5 Å². The van der Waals surface area contributed by atoms with Crippen molar-refractivity contribution < 1.29 is 14.3 Å². The Bertz CT molecular complexity index is 645. The van der Waals surface area contributed by atoms with Crippen LogP contribution >= 0.6 is 0 Å². The standard InChI is InChI=1S/C19H29N3O3/c1-4-22-18(16-9-12(2)25-13(3)17(16)20-22)19(23)21-10-15(11-21)14-5-7-24-8-6-14/h12-15H,4-11H2,1-3H3/t12-,13+/m0/s1. The molecule has 3 aliphatic heterocycles. The highest BCUT2D eigenvalue weighted by atomic mass is 16.5. The molecule has 2 atom stereocenters. The second-order valence-corrected chi connectivity index (χ2v) is 7.74. The van der Waals surface area contributed by atoms with Gasteiger partial charge in [-0.1, -0.05) is 0 Å². The third-order valence-electron chi connectivity index (χ3n) is 6.03. The molecule has 6 nitrogen and oxygen atoms in total. The molecule has 1 aromatic heterocycles. The first-order chi connectivity index (χ1) is 12.1. The molecule has 0 radical (unpaired) electrons. The number of carbonyl (C=O) groups is 1. The van der Waals surface area contributed by atoms with Crippen LogP contribution in [0.15, 0.2) is 0 Å². The molecule has 0 spiro atoms. The lowest BCUT2D eigenvalue weighted by Gasteiger charge is -2.44. The molecule has 25 heavy (non-hydrogen) atoms. The number of aryl methyl sites for hydroxylation is 1. The quantitative estimate of drug-likeness (QED) is 0.843. The molecule has 138 valence electrons. The van der Waals surface area contributed by atoms with Gasteiger partial charge in [-0.3, -0.25) is 9.48 Å². The first kappa shape index (κ1) is 17.0. The van der Waals surface area contributed by atoms with Crippen LogP contribution in [0.4, 0.5) is 0 Å². The van der Waals surface area contributed by atoms with Crippen LogP contribution in [-0.4, -0.2) is 53.0 Å². The maximum atomic E-state index is 13.2. The average Bonchev–Trinajstić information content (AvgIpc) is 2.93. The zero-order valence-corrected chi connectivity index (χ0v) is 15.5. The molecule has 2 fully saturated rings. The number of hydrogen-bond acceptors (Lipinski definition) is 4. The van der Waals surface area contributed by atoms with Crippen LogP contribution in [0.3, 0.4) is 0 Å². The van der Waals surface area contributed by atoms with E-state index in [0.717, 1.165) is 68.4 Å². The molecule has 0 bridgehead atoms. The molecule has 0 unspecified atom stereocenters. The van der Waals surface area contributed by atoms with Crippen molar-refractivity contribution in [3.63, 3.8) is 0 Å².